The number of carbonyl (C=O) groups is 1. The van der Waals surface area contributed by atoms with Crippen LogP contribution in [0.5, 0.6) is 0 Å². The predicted molar refractivity (Wildman–Crippen MR) is 155 cm³/mol. The molecule has 10 nitrogen and oxygen atoms in total. The van der Waals surface area contributed by atoms with Gasteiger partial charge in [0.25, 0.3) is 0 Å². The first-order chi connectivity index (χ1) is 19.1. The van der Waals surface area contributed by atoms with Crippen molar-refractivity contribution in [3.63, 3.8) is 0 Å². The molecule has 5 N–H and O–H groups in total. The number of hydrogen-bond acceptors (Lipinski definition) is 12. The van der Waals surface area contributed by atoms with Crippen LogP contribution in [0.3, 0.4) is 0 Å². The van der Waals surface area contributed by atoms with E-state index in [4.69, 9.17) is 0 Å². The number of amides is 1. The van der Waals surface area contributed by atoms with Crippen LogP contribution < -0.4 is 10.6 Å². The highest BCUT2D eigenvalue weighted by Gasteiger charge is 2.22. The normalized spacial score (nSPS) is 13.5. The third-order valence-corrected chi connectivity index (χ3v) is 8.66. The molecule has 0 aliphatic carbocycles. The zero-order valence-corrected chi connectivity index (χ0v) is 23.5. The van der Waals surface area contributed by atoms with Crippen LogP contribution in [0.2, 0.25) is 0 Å². The number of nitrogens with one attached hydrogen (secondary N) is 2. The molecule has 0 aliphatic rings. The molecular formula is C26H30N6O4S3. The zero-order valence-electron chi connectivity index (χ0n) is 21.0. The van der Waals surface area contributed by atoms with Crippen molar-refractivity contribution < 1.29 is 20.1 Å². The molecule has 3 unspecified atom stereocenters. The van der Waals surface area contributed by atoms with Crippen molar-refractivity contribution in [1.82, 2.24) is 20.4 Å². The van der Waals surface area contributed by atoms with Crippen molar-refractivity contribution in [3.8, 4) is 0 Å². The third kappa shape index (κ3) is 8.52. The van der Waals surface area contributed by atoms with Crippen LogP contribution in [0, 0.1) is 0 Å². The Hall–Kier alpha value is -2.94. The van der Waals surface area contributed by atoms with Crippen molar-refractivity contribution >= 4 is 50.6 Å². The lowest BCUT2D eigenvalue weighted by atomic mass is 9.98. The summed E-state index contributed by atoms with van der Waals surface area (Å²) in [4.78, 5) is 12.6. The quantitative estimate of drug-likeness (QED) is 0.104. The Bertz CT molecular complexity index is 1290. The fraction of sp³-hybridized carbons (Fsp3) is 0.346. The van der Waals surface area contributed by atoms with Gasteiger partial charge in [-0.3, -0.25) is 10.1 Å². The van der Waals surface area contributed by atoms with Crippen molar-refractivity contribution in [2.45, 2.75) is 30.9 Å². The lowest BCUT2D eigenvalue weighted by Gasteiger charge is -2.21. The van der Waals surface area contributed by atoms with Gasteiger partial charge < -0.3 is 20.6 Å². The minimum atomic E-state index is -0.984. The maximum atomic E-state index is 12.6. The summed E-state index contributed by atoms with van der Waals surface area (Å²) in [6, 6.07) is 18.5. The fourth-order valence-electron chi connectivity index (χ4n) is 3.77. The molecule has 0 aliphatic heterocycles. The van der Waals surface area contributed by atoms with Crippen LogP contribution in [0.1, 0.15) is 33.0 Å². The fourth-order valence-corrected chi connectivity index (χ4v) is 6.42. The molecule has 3 atom stereocenters. The summed E-state index contributed by atoms with van der Waals surface area (Å²) in [5.74, 6) is 0.241. The van der Waals surface area contributed by atoms with Gasteiger partial charge in [-0.25, -0.2) is 0 Å². The summed E-state index contributed by atoms with van der Waals surface area (Å²) in [7, 11) is 0. The van der Waals surface area contributed by atoms with Crippen molar-refractivity contribution in [2.24, 2.45) is 0 Å². The van der Waals surface area contributed by atoms with Crippen LogP contribution in [0.4, 0.5) is 10.3 Å². The van der Waals surface area contributed by atoms with Crippen LogP contribution in [0.15, 0.2) is 60.7 Å². The first kappa shape index (κ1) is 29.1. The molecule has 2 aromatic heterocycles. The van der Waals surface area contributed by atoms with Crippen molar-refractivity contribution in [3.05, 3.63) is 81.8 Å². The molecule has 0 saturated heterocycles. The van der Waals surface area contributed by atoms with Gasteiger partial charge in [-0.05, 0) is 22.6 Å². The lowest BCUT2D eigenvalue weighted by Crippen LogP contribution is -2.29. The molecule has 0 saturated carbocycles. The van der Waals surface area contributed by atoms with Gasteiger partial charge in [0.1, 0.15) is 16.2 Å². The van der Waals surface area contributed by atoms with Crippen molar-refractivity contribution in [1.29, 1.82) is 0 Å². The highest BCUT2D eigenvalue weighted by molar-refractivity contribution is 7.99. The Kier molecular flexibility index (Phi) is 11.2. The molecule has 39 heavy (non-hydrogen) atoms. The molecule has 13 heteroatoms. The summed E-state index contributed by atoms with van der Waals surface area (Å²) in [6.07, 6.45) is 0.473. The number of hydrogen-bond donors (Lipinski definition) is 5. The maximum absolute atomic E-state index is 12.6. The number of benzene rings is 2. The molecule has 0 radical (unpaired) electrons. The Morgan fingerprint density at radius 1 is 0.795 bits per heavy atom. The van der Waals surface area contributed by atoms with E-state index in [1.807, 2.05) is 60.7 Å². The minimum absolute atomic E-state index is 0.195. The Morgan fingerprint density at radius 3 is 1.95 bits per heavy atom. The van der Waals surface area contributed by atoms with Crippen LogP contribution in [-0.4, -0.2) is 72.6 Å². The van der Waals surface area contributed by atoms with Gasteiger partial charge in [0, 0.05) is 12.8 Å². The van der Waals surface area contributed by atoms with E-state index < -0.39 is 18.1 Å². The zero-order chi connectivity index (χ0) is 27.5. The van der Waals surface area contributed by atoms with Crippen molar-refractivity contribution in [2.75, 3.05) is 35.4 Å². The molecule has 206 valence electrons. The number of anilines is 2. The van der Waals surface area contributed by atoms with Crippen LogP contribution in [-0.2, 0) is 17.6 Å². The highest BCUT2D eigenvalue weighted by atomic mass is 32.2. The number of aryl methyl sites for hydroxylation is 2. The number of carbonyl (C=O) groups excluding carboxylic acids is 1. The Balaban J connectivity index is 1.16. The molecule has 1 amide bonds. The number of thioether (sulfide) groups is 1. The van der Waals surface area contributed by atoms with E-state index in [1.165, 1.54) is 22.7 Å². The summed E-state index contributed by atoms with van der Waals surface area (Å²) < 4.78 is 0. The topological polar surface area (TPSA) is 153 Å². The molecule has 4 aromatic rings. The van der Waals surface area contributed by atoms with Gasteiger partial charge in [0.05, 0.1) is 25.0 Å². The first-order valence-electron chi connectivity index (χ1n) is 12.4. The van der Waals surface area contributed by atoms with Gasteiger partial charge in [-0.2, -0.15) is 11.8 Å². The number of aliphatic hydroxyl groups excluding tert-OH is 3. The van der Waals surface area contributed by atoms with Gasteiger partial charge >= 0.3 is 0 Å². The summed E-state index contributed by atoms with van der Waals surface area (Å²) in [5.41, 5.74) is 1.59. The van der Waals surface area contributed by atoms with E-state index in [0.717, 1.165) is 45.5 Å². The highest BCUT2D eigenvalue weighted by Crippen LogP contribution is 2.25. The number of aliphatic hydroxyl groups is 3. The summed E-state index contributed by atoms with van der Waals surface area (Å²) in [6.45, 7) is -0.485. The van der Waals surface area contributed by atoms with E-state index in [2.05, 4.69) is 31.0 Å². The average molecular weight is 587 g/mol. The minimum Gasteiger partial charge on any atom is -0.396 e. The van der Waals surface area contributed by atoms with E-state index in [1.54, 1.807) is 11.8 Å². The molecule has 2 aromatic carbocycles. The van der Waals surface area contributed by atoms with E-state index >= 15 is 0 Å². The lowest BCUT2D eigenvalue weighted by molar-refractivity contribution is -0.118. The second-order valence-corrected chi connectivity index (χ2v) is 11.9. The standard InChI is InChI=1S/C26H30N6O4S3/c33-15-19(17-7-3-1-4-8-17)23(35)27-25-31-29-21(38-25)11-13-37-14-12-22-30-32-26(39-22)28-24(36)20(16-34)18-9-5-2-6-10-18/h1-10,19-20,23,33-35H,11-16H2,(H,27,31)(H,28,32,36). The maximum Gasteiger partial charge on any atom is 0.236 e. The molecule has 0 bridgehead atoms. The first-order valence-corrected chi connectivity index (χ1v) is 15.2. The third-order valence-electron chi connectivity index (χ3n) is 5.86. The van der Waals surface area contributed by atoms with Crippen LogP contribution in [0.25, 0.3) is 0 Å². The summed E-state index contributed by atoms with van der Waals surface area (Å²) in [5, 5.41) is 54.8. The van der Waals surface area contributed by atoms with Gasteiger partial charge in [-0.15, -0.1) is 20.4 Å². The Labute approximate surface area is 238 Å². The van der Waals surface area contributed by atoms with Gasteiger partial charge in [0.15, 0.2) is 0 Å². The molecule has 4 rings (SSSR count). The van der Waals surface area contributed by atoms with E-state index in [-0.39, 0.29) is 19.1 Å². The smallest absolute Gasteiger partial charge is 0.236 e. The monoisotopic (exact) mass is 586 g/mol. The molecular weight excluding hydrogens is 557 g/mol. The summed E-state index contributed by atoms with van der Waals surface area (Å²) >= 11 is 4.47. The SMILES string of the molecule is O=C(Nc1nnc(CCSCCc2nnc(NC(O)C(CO)c3ccccc3)s2)s1)C(CO)c1ccccc1. The molecule has 0 spiro atoms. The van der Waals surface area contributed by atoms with E-state index in [9.17, 15) is 20.1 Å². The Morgan fingerprint density at radius 2 is 1.36 bits per heavy atom. The second kappa shape index (κ2) is 15.0. The molecule has 0 fully saturated rings. The van der Waals surface area contributed by atoms with E-state index in [0.29, 0.717) is 10.3 Å². The second-order valence-electron chi connectivity index (χ2n) is 8.54. The molecule has 2 heterocycles. The van der Waals surface area contributed by atoms with Gasteiger partial charge in [0.2, 0.25) is 16.2 Å². The van der Waals surface area contributed by atoms with Gasteiger partial charge in [-0.1, -0.05) is 83.3 Å². The number of rotatable bonds is 15. The predicted octanol–water partition coefficient (Wildman–Crippen LogP) is 3.13. The largest absolute Gasteiger partial charge is 0.396 e. The number of aromatic nitrogens is 4. The van der Waals surface area contributed by atoms with Crippen LogP contribution >= 0.6 is 34.4 Å². The number of nitrogens with zero attached hydrogens (tertiary/aromatic N) is 4. The average Bonchev–Trinajstić information content (AvgIpc) is 3.59.